The fourth-order valence-electron chi connectivity index (χ4n) is 4.27. The van der Waals surface area contributed by atoms with Gasteiger partial charge in [-0.25, -0.2) is 4.79 Å². The zero-order valence-electron chi connectivity index (χ0n) is 16.6. The van der Waals surface area contributed by atoms with Crippen LogP contribution >= 0.6 is 0 Å². The second kappa shape index (κ2) is 7.37. The van der Waals surface area contributed by atoms with E-state index in [9.17, 15) is 4.79 Å². The number of carbonyl (C=O) groups excluding carboxylic acids is 1. The number of carbonyl (C=O) groups is 1. The summed E-state index contributed by atoms with van der Waals surface area (Å²) in [6.07, 6.45) is 6.38. The minimum atomic E-state index is -0.443. The van der Waals surface area contributed by atoms with Gasteiger partial charge in [0.15, 0.2) is 0 Å². The van der Waals surface area contributed by atoms with Crippen LogP contribution in [0.1, 0.15) is 58.4 Å². The summed E-state index contributed by atoms with van der Waals surface area (Å²) in [5.41, 5.74) is 9.11. The molecule has 0 spiro atoms. The number of hydrogen-bond donors (Lipinski definition) is 1. The van der Waals surface area contributed by atoms with Gasteiger partial charge in [0, 0.05) is 37.1 Å². The van der Waals surface area contributed by atoms with Crippen LogP contribution in [0.5, 0.6) is 0 Å². The zero-order valence-corrected chi connectivity index (χ0v) is 16.6. The van der Waals surface area contributed by atoms with Gasteiger partial charge in [-0.15, -0.1) is 0 Å². The van der Waals surface area contributed by atoms with E-state index in [2.05, 4.69) is 17.0 Å². The molecule has 0 radical (unpaired) electrons. The first-order chi connectivity index (χ1) is 12.2. The maximum atomic E-state index is 12.3. The highest BCUT2D eigenvalue weighted by molar-refractivity contribution is 5.68. The lowest BCUT2D eigenvalue weighted by atomic mass is 9.87. The molecule has 5 nitrogen and oxygen atoms in total. The molecule has 5 heteroatoms. The third kappa shape index (κ3) is 4.25. The highest BCUT2D eigenvalue weighted by Gasteiger charge is 2.32. The summed E-state index contributed by atoms with van der Waals surface area (Å²) in [6, 6.07) is 7.16. The lowest BCUT2D eigenvalue weighted by Crippen LogP contribution is -2.47. The lowest BCUT2D eigenvalue weighted by Gasteiger charge is -2.43. The average Bonchev–Trinajstić information content (AvgIpc) is 2.59. The van der Waals surface area contributed by atoms with Crippen molar-refractivity contribution in [1.82, 2.24) is 4.90 Å². The summed E-state index contributed by atoms with van der Waals surface area (Å²) >= 11 is 0. The number of amides is 1. The monoisotopic (exact) mass is 359 g/mol. The molecule has 0 aromatic heterocycles. The van der Waals surface area contributed by atoms with Crippen LogP contribution in [0.3, 0.4) is 0 Å². The first-order valence-corrected chi connectivity index (χ1v) is 9.85. The van der Waals surface area contributed by atoms with Gasteiger partial charge in [-0.2, -0.15) is 0 Å². The van der Waals surface area contributed by atoms with Gasteiger partial charge >= 0.3 is 6.09 Å². The Hall–Kier alpha value is -1.91. The second-order valence-electron chi connectivity index (χ2n) is 8.74. The van der Waals surface area contributed by atoms with E-state index in [1.54, 1.807) is 4.90 Å². The lowest BCUT2D eigenvalue weighted by molar-refractivity contribution is 0.0183. The summed E-state index contributed by atoms with van der Waals surface area (Å²) in [5, 5.41) is 0. The number of nitrogens with two attached hydrogens (primary N) is 1. The molecule has 26 heavy (non-hydrogen) atoms. The van der Waals surface area contributed by atoms with Gasteiger partial charge in [-0.3, -0.25) is 0 Å². The Bertz CT molecular complexity index is 645. The third-order valence-electron chi connectivity index (χ3n) is 5.59. The molecule has 1 aliphatic heterocycles. The van der Waals surface area contributed by atoms with Gasteiger partial charge < -0.3 is 20.3 Å². The molecule has 1 fully saturated rings. The van der Waals surface area contributed by atoms with Crippen LogP contribution in [-0.2, 0) is 11.2 Å². The number of fused-ring (bicyclic) bond motifs is 1. The SMILES string of the molecule is CN(C(=O)OC(C)(C)C)C1CCC(N2CCCc3cc(N)ccc32)CC1. The Balaban J connectivity index is 1.60. The molecule has 3 rings (SSSR count). The second-order valence-corrected chi connectivity index (χ2v) is 8.74. The quantitative estimate of drug-likeness (QED) is 0.804. The maximum absolute atomic E-state index is 12.3. The summed E-state index contributed by atoms with van der Waals surface area (Å²) in [6.45, 7) is 6.86. The molecule has 1 amide bonds. The van der Waals surface area contributed by atoms with Crippen molar-refractivity contribution in [3.63, 3.8) is 0 Å². The Morgan fingerprint density at radius 1 is 1.23 bits per heavy atom. The molecule has 0 unspecified atom stereocenters. The molecule has 1 aromatic carbocycles. The number of nitrogens with zero attached hydrogens (tertiary/aromatic N) is 2. The third-order valence-corrected chi connectivity index (χ3v) is 5.59. The highest BCUT2D eigenvalue weighted by atomic mass is 16.6. The van der Waals surface area contributed by atoms with Crippen LogP contribution in [0.25, 0.3) is 0 Å². The van der Waals surface area contributed by atoms with E-state index in [-0.39, 0.29) is 12.1 Å². The van der Waals surface area contributed by atoms with Crippen LogP contribution in [0.4, 0.5) is 16.2 Å². The van der Waals surface area contributed by atoms with Crippen molar-refractivity contribution in [3.8, 4) is 0 Å². The van der Waals surface area contributed by atoms with Gasteiger partial charge in [-0.1, -0.05) is 0 Å². The number of rotatable bonds is 2. The molecule has 1 aliphatic carbocycles. The molecule has 0 saturated heterocycles. The predicted molar refractivity (Wildman–Crippen MR) is 107 cm³/mol. The van der Waals surface area contributed by atoms with E-state index < -0.39 is 5.60 Å². The van der Waals surface area contributed by atoms with Crippen molar-refractivity contribution in [2.75, 3.05) is 24.2 Å². The molecule has 2 aliphatic rings. The van der Waals surface area contributed by atoms with Crippen LogP contribution in [0.15, 0.2) is 18.2 Å². The summed E-state index contributed by atoms with van der Waals surface area (Å²) in [5.74, 6) is 0. The van der Waals surface area contributed by atoms with Crippen molar-refractivity contribution >= 4 is 17.5 Å². The van der Waals surface area contributed by atoms with Crippen molar-refractivity contribution in [2.45, 2.75) is 77.0 Å². The first kappa shape index (κ1) is 18.9. The molecule has 1 saturated carbocycles. The van der Waals surface area contributed by atoms with Crippen LogP contribution in [0, 0.1) is 0 Å². The number of benzene rings is 1. The minimum Gasteiger partial charge on any atom is -0.444 e. The molecule has 0 atom stereocenters. The maximum Gasteiger partial charge on any atom is 0.410 e. The minimum absolute atomic E-state index is 0.209. The molecule has 1 heterocycles. The Kier molecular flexibility index (Phi) is 5.35. The van der Waals surface area contributed by atoms with Gasteiger partial charge in [0.2, 0.25) is 0 Å². The first-order valence-electron chi connectivity index (χ1n) is 9.85. The molecule has 1 aromatic rings. The van der Waals surface area contributed by atoms with Gasteiger partial charge in [0.25, 0.3) is 0 Å². The summed E-state index contributed by atoms with van der Waals surface area (Å²) < 4.78 is 5.52. The molecule has 144 valence electrons. The number of ether oxygens (including phenoxy) is 1. The number of nitrogen functional groups attached to an aromatic ring is 1. The Morgan fingerprint density at radius 2 is 1.92 bits per heavy atom. The van der Waals surface area contributed by atoms with Crippen molar-refractivity contribution in [3.05, 3.63) is 23.8 Å². The molecular formula is C21H33N3O2. The highest BCUT2D eigenvalue weighted by Crippen LogP contribution is 2.35. The van der Waals surface area contributed by atoms with Crippen molar-refractivity contribution < 1.29 is 9.53 Å². The van der Waals surface area contributed by atoms with E-state index in [4.69, 9.17) is 10.5 Å². The topological polar surface area (TPSA) is 58.8 Å². The fraction of sp³-hybridized carbons (Fsp3) is 0.667. The van der Waals surface area contributed by atoms with E-state index in [1.165, 1.54) is 17.7 Å². The number of hydrogen-bond acceptors (Lipinski definition) is 4. The van der Waals surface area contributed by atoms with E-state index in [0.29, 0.717) is 6.04 Å². The van der Waals surface area contributed by atoms with Crippen LogP contribution in [0.2, 0.25) is 0 Å². The van der Waals surface area contributed by atoms with Crippen LogP contribution < -0.4 is 10.6 Å². The molecule has 0 bridgehead atoms. The molecular weight excluding hydrogens is 326 g/mol. The molecule has 2 N–H and O–H groups in total. The van der Waals surface area contributed by atoms with E-state index in [1.807, 2.05) is 33.9 Å². The smallest absolute Gasteiger partial charge is 0.410 e. The van der Waals surface area contributed by atoms with E-state index in [0.717, 1.165) is 44.3 Å². The fourth-order valence-corrected chi connectivity index (χ4v) is 4.27. The van der Waals surface area contributed by atoms with Crippen molar-refractivity contribution in [1.29, 1.82) is 0 Å². The number of aryl methyl sites for hydroxylation is 1. The Labute approximate surface area is 157 Å². The van der Waals surface area contributed by atoms with Gasteiger partial charge in [0.1, 0.15) is 5.60 Å². The predicted octanol–water partition coefficient (Wildman–Crippen LogP) is 4.20. The largest absolute Gasteiger partial charge is 0.444 e. The zero-order chi connectivity index (χ0) is 18.9. The standard InChI is InChI=1S/C21H33N3O2/c1-21(2,3)26-20(25)23(4)17-8-10-18(11-9-17)24-13-5-6-15-14-16(22)7-12-19(15)24/h7,12,14,17-18H,5-6,8-11,13,22H2,1-4H3. The Morgan fingerprint density at radius 3 is 2.58 bits per heavy atom. The van der Waals surface area contributed by atoms with Gasteiger partial charge in [-0.05, 0) is 83.1 Å². The summed E-state index contributed by atoms with van der Waals surface area (Å²) in [4.78, 5) is 16.7. The van der Waals surface area contributed by atoms with E-state index >= 15 is 0 Å². The average molecular weight is 360 g/mol. The van der Waals surface area contributed by atoms with Gasteiger partial charge in [0.05, 0.1) is 0 Å². The summed E-state index contributed by atoms with van der Waals surface area (Å²) in [7, 11) is 1.87. The van der Waals surface area contributed by atoms with Crippen molar-refractivity contribution in [2.24, 2.45) is 0 Å². The number of anilines is 2. The normalized spacial score (nSPS) is 23.3. The van der Waals surface area contributed by atoms with Crippen LogP contribution in [-0.4, -0.2) is 42.3 Å².